The summed E-state index contributed by atoms with van der Waals surface area (Å²) in [6, 6.07) is 9.59. The van der Waals surface area contributed by atoms with Crippen LogP contribution in [0.5, 0.6) is 0 Å². The molecule has 2 atom stereocenters. The van der Waals surface area contributed by atoms with Crippen LogP contribution >= 0.6 is 0 Å². The van der Waals surface area contributed by atoms with Crippen molar-refractivity contribution in [2.24, 2.45) is 0 Å². The zero-order valence-corrected chi connectivity index (χ0v) is 12.6. The van der Waals surface area contributed by atoms with Gasteiger partial charge >= 0.3 is 0 Å². The molecule has 0 bridgehead atoms. The number of aryl methyl sites for hydroxylation is 1. The van der Waals surface area contributed by atoms with Gasteiger partial charge in [0, 0.05) is 5.69 Å². The van der Waals surface area contributed by atoms with E-state index in [1.54, 1.807) is 12.1 Å². The molecule has 4 heteroatoms. The molecule has 0 radical (unpaired) electrons. The van der Waals surface area contributed by atoms with Crippen molar-refractivity contribution in [1.29, 1.82) is 0 Å². The molecule has 1 amide bonds. The first-order valence-corrected chi connectivity index (χ1v) is 7.42. The molecule has 0 aromatic heterocycles. The Bertz CT molecular complexity index is 725. The van der Waals surface area contributed by atoms with Crippen molar-refractivity contribution in [1.82, 2.24) is 0 Å². The second-order valence-electron chi connectivity index (χ2n) is 5.66. The van der Waals surface area contributed by atoms with Gasteiger partial charge in [-0.3, -0.25) is 4.79 Å². The van der Waals surface area contributed by atoms with Crippen molar-refractivity contribution < 1.29 is 14.3 Å². The van der Waals surface area contributed by atoms with Crippen LogP contribution in [-0.4, -0.2) is 11.0 Å². The highest BCUT2D eigenvalue weighted by molar-refractivity contribution is 6.03. The summed E-state index contributed by atoms with van der Waals surface area (Å²) in [5.41, 5.74) is 4.15. The Morgan fingerprint density at radius 1 is 1.23 bits per heavy atom. The van der Waals surface area contributed by atoms with E-state index in [1.165, 1.54) is 12.1 Å². The van der Waals surface area contributed by atoms with Crippen LogP contribution in [0.3, 0.4) is 0 Å². The Kier molecular flexibility index (Phi) is 3.71. The molecule has 2 aromatic carbocycles. The highest BCUT2D eigenvalue weighted by Gasteiger charge is 2.29. The molecule has 114 valence electrons. The van der Waals surface area contributed by atoms with Crippen LogP contribution in [0.25, 0.3) is 0 Å². The third-order valence-corrected chi connectivity index (χ3v) is 4.26. The maximum absolute atomic E-state index is 13.0. The lowest BCUT2D eigenvalue weighted by atomic mass is 9.92. The van der Waals surface area contributed by atoms with E-state index in [1.807, 2.05) is 26.0 Å². The number of aliphatic hydroxyl groups excluding tert-OH is 1. The highest BCUT2D eigenvalue weighted by atomic mass is 19.1. The van der Waals surface area contributed by atoms with E-state index in [4.69, 9.17) is 0 Å². The summed E-state index contributed by atoms with van der Waals surface area (Å²) in [7, 11) is 0. The first-order valence-electron chi connectivity index (χ1n) is 7.42. The normalized spacial score (nSPS) is 18.0. The molecular weight excluding hydrogens is 281 g/mol. The fourth-order valence-electron chi connectivity index (χ4n) is 2.89. The number of nitrogens with one attached hydrogen (secondary N) is 1. The van der Waals surface area contributed by atoms with Gasteiger partial charge in [-0.2, -0.15) is 0 Å². The van der Waals surface area contributed by atoms with Gasteiger partial charge in [0.25, 0.3) is 0 Å². The molecule has 2 aromatic rings. The highest BCUT2D eigenvalue weighted by Crippen LogP contribution is 2.38. The van der Waals surface area contributed by atoms with Crippen molar-refractivity contribution in [2.45, 2.75) is 32.3 Å². The number of anilines is 1. The number of benzene rings is 2. The van der Waals surface area contributed by atoms with Gasteiger partial charge in [0.2, 0.25) is 5.91 Å². The predicted octanol–water partition coefficient (Wildman–Crippen LogP) is 3.53. The molecule has 0 saturated carbocycles. The molecule has 3 rings (SSSR count). The molecule has 3 nitrogen and oxygen atoms in total. The van der Waals surface area contributed by atoms with Crippen molar-refractivity contribution >= 4 is 11.6 Å². The van der Waals surface area contributed by atoms with Crippen LogP contribution in [0.4, 0.5) is 10.1 Å². The molecule has 1 aliphatic rings. The Morgan fingerprint density at radius 2 is 1.91 bits per heavy atom. The third kappa shape index (κ3) is 2.40. The number of carbonyl (C=O) groups is 1. The molecule has 0 aliphatic carbocycles. The number of hydrogen-bond acceptors (Lipinski definition) is 2. The van der Waals surface area contributed by atoms with Gasteiger partial charge in [-0.1, -0.05) is 25.1 Å². The standard InChI is InChI=1S/C18H18FNO2/c1-3-11-8-13(9-15-10(2)18(22)20-16(11)15)17(21)12-4-6-14(19)7-5-12/h4-10,17,21H,3H2,1-2H3,(H,20,22). The van der Waals surface area contributed by atoms with Gasteiger partial charge < -0.3 is 10.4 Å². The van der Waals surface area contributed by atoms with Crippen molar-refractivity contribution in [3.8, 4) is 0 Å². The zero-order valence-electron chi connectivity index (χ0n) is 12.6. The Morgan fingerprint density at radius 3 is 2.55 bits per heavy atom. The molecular formula is C18H18FNO2. The second-order valence-corrected chi connectivity index (χ2v) is 5.66. The lowest BCUT2D eigenvalue weighted by Crippen LogP contribution is -2.08. The topological polar surface area (TPSA) is 49.3 Å². The summed E-state index contributed by atoms with van der Waals surface area (Å²) < 4.78 is 13.0. The first-order chi connectivity index (χ1) is 10.5. The predicted molar refractivity (Wildman–Crippen MR) is 83.3 cm³/mol. The van der Waals surface area contributed by atoms with Gasteiger partial charge in [0.15, 0.2) is 0 Å². The largest absolute Gasteiger partial charge is 0.384 e. The number of fused-ring (bicyclic) bond motifs is 1. The average Bonchev–Trinajstić information content (AvgIpc) is 2.82. The van der Waals surface area contributed by atoms with Crippen molar-refractivity contribution in [2.75, 3.05) is 5.32 Å². The average molecular weight is 299 g/mol. The fraction of sp³-hybridized carbons (Fsp3) is 0.278. The Hall–Kier alpha value is -2.20. The molecule has 2 N–H and O–H groups in total. The SMILES string of the molecule is CCc1cc(C(O)c2ccc(F)cc2)cc2c1NC(=O)C2C. The molecule has 2 unspecified atom stereocenters. The summed E-state index contributed by atoms with van der Waals surface area (Å²) in [5.74, 6) is -0.568. The van der Waals surface area contributed by atoms with E-state index in [9.17, 15) is 14.3 Å². The van der Waals surface area contributed by atoms with Crippen LogP contribution in [0.1, 0.15) is 48.1 Å². The lowest BCUT2D eigenvalue weighted by molar-refractivity contribution is -0.116. The van der Waals surface area contributed by atoms with Crippen LogP contribution in [0.15, 0.2) is 36.4 Å². The minimum Gasteiger partial charge on any atom is -0.384 e. The molecule has 1 heterocycles. The number of aliphatic hydroxyl groups is 1. The minimum atomic E-state index is -0.834. The molecule has 0 spiro atoms. The number of hydrogen-bond donors (Lipinski definition) is 2. The Labute approximate surface area is 128 Å². The van der Waals surface area contributed by atoms with Crippen LogP contribution in [0.2, 0.25) is 0 Å². The smallest absolute Gasteiger partial charge is 0.231 e. The third-order valence-electron chi connectivity index (χ3n) is 4.26. The maximum atomic E-state index is 13.0. The van der Waals surface area contributed by atoms with Gasteiger partial charge in [-0.05, 0) is 53.8 Å². The number of amides is 1. The van der Waals surface area contributed by atoms with Gasteiger partial charge in [0.1, 0.15) is 11.9 Å². The number of carbonyl (C=O) groups excluding carboxylic acids is 1. The monoisotopic (exact) mass is 299 g/mol. The minimum absolute atomic E-state index is 0.0156. The van der Waals surface area contributed by atoms with E-state index in [0.717, 1.165) is 28.8 Å². The van der Waals surface area contributed by atoms with Crippen LogP contribution in [0, 0.1) is 5.82 Å². The lowest BCUT2D eigenvalue weighted by Gasteiger charge is -2.16. The summed E-state index contributed by atoms with van der Waals surface area (Å²) in [4.78, 5) is 11.9. The van der Waals surface area contributed by atoms with Crippen molar-refractivity contribution in [3.05, 3.63) is 64.5 Å². The van der Waals surface area contributed by atoms with Gasteiger partial charge in [-0.25, -0.2) is 4.39 Å². The van der Waals surface area contributed by atoms with E-state index < -0.39 is 6.10 Å². The van der Waals surface area contributed by atoms with E-state index >= 15 is 0 Å². The fourth-order valence-corrected chi connectivity index (χ4v) is 2.89. The Balaban J connectivity index is 2.05. The summed E-state index contributed by atoms with van der Waals surface area (Å²) in [5, 5.41) is 13.5. The van der Waals surface area contributed by atoms with E-state index in [-0.39, 0.29) is 17.6 Å². The molecule has 0 fully saturated rings. The quantitative estimate of drug-likeness (QED) is 0.911. The zero-order chi connectivity index (χ0) is 15.9. The number of rotatable bonds is 3. The van der Waals surface area contributed by atoms with Crippen LogP contribution < -0.4 is 5.32 Å². The van der Waals surface area contributed by atoms with Gasteiger partial charge in [0.05, 0.1) is 5.92 Å². The number of halogens is 1. The molecule has 0 saturated heterocycles. The van der Waals surface area contributed by atoms with E-state index in [2.05, 4.69) is 5.32 Å². The molecule has 22 heavy (non-hydrogen) atoms. The van der Waals surface area contributed by atoms with Gasteiger partial charge in [-0.15, -0.1) is 0 Å². The van der Waals surface area contributed by atoms with E-state index in [0.29, 0.717) is 5.56 Å². The molecule has 1 aliphatic heterocycles. The first kappa shape index (κ1) is 14.7. The summed E-state index contributed by atoms with van der Waals surface area (Å²) in [6.45, 7) is 3.87. The maximum Gasteiger partial charge on any atom is 0.231 e. The summed E-state index contributed by atoms with van der Waals surface area (Å²) in [6.07, 6.45) is -0.0710. The second kappa shape index (κ2) is 5.54. The van der Waals surface area contributed by atoms with Crippen molar-refractivity contribution in [3.63, 3.8) is 0 Å². The van der Waals surface area contributed by atoms with Crippen LogP contribution in [-0.2, 0) is 11.2 Å². The summed E-state index contributed by atoms with van der Waals surface area (Å²) >= 11 is 0.